The molecular weight excluding hydrogens is 352 g/mol. The average molecular weight is 385 g/mol. The number of carbonyl (C=O) groups is 1. The van der Waals surface area contributed by atoms with Gasteiger partial charge in [0.2, 0.25) is 5.91 Å². The number of amides is 1. The van der Waals surface area contributed by atoms with Gasteiger partial charge in [-0.05, 0) is 49.4 Å². The SMILES string of the molecule is CCOCCOCc1cccc(NC(=O)CC2(CN)CCCCC2)c1.Cl. The summed E-state index contributed by atoms with van der Waals surface area (Å²) in [5, 5.41) is 3.02. The molecular formula is C20H33ClN2O3. The van der Waals surface area contributed by atoms with E-state index in [1.54, 1.807) is 0 Å². The van der Waals surface area contributed by atoms with Crippen LogP contribution >= 0.6 is 12.4 Å². The van der Waals surface area contributed by atoms with Crippen LogP contribution in [-0.2, 0) is 20.9 Å². The van der Waals surface area contributed by atoms with Crippen molar-refractivity contribution >= 4 is 24.0 Å². The van der Waals surface area contributed by atoms with Gasteiger partial charge in [-0.1, -0.05) is 31.4 Å². The third-order valence-electron chi connectivity index (χ3n) is 4.94. The molecule has 0 spiro atoms. The van der Waals surface area contributed by atoms with Crippen molar-refractivity contribution in [2.24, 2.45) is 11.1 Å². The predicted molar refractivity (Wildman–Crippen MR) is 108 cm³/mol. The highest BCUT2D eigenvalue weighted by Crippen LogP contribution is 2.38. The highest BCUT2D eigenvalue weighted by Gasteiger charge is 2.32. The summed E-state index contributed by atoms with van der Waals surface area (Å²) in [7, 11) is 0. The summed E-state index contributed by atoms with van der Waals surface area (Å²) in [5.74, 6) is 0.0572. The van der Waals surface area contributed by atoms with Gasteiger partial charge in [0.15, 0.2) is 0 Å². The van der Waals surface area contributed by atoms with Gasteiger partial charge in [-0.3, -0.25) is 4.79 Å². The Bertz CT molecular complexity index is 534. The van der Waals surface area contributed by atoms with Crippen LogP contribution in [0.15, 0.2) is 24.3 Å². The zero-order valence-electron chi connectivity index (χ0n) is 15.8. The van der Waals surface area contributed by atoms with Crippen molar-refractivity contribution in [1.82, 2.24) is 0 Å². The largest absolute Gasteiger partial charge is 0.379 e. The maximum atomic E-state index is 12.5. The van der Waals surface area contributed by atoms with Gasteiger partial charge in [-0.25, -0.2) is 0 Å². The van der Waals surface area contributed by atoms with Crippen LogP contribution in [0.1, 0.15) is 51.0 Å². The molecule has 3 N–H and O–H groups in total. The zero-order valence-corrected chi connectivity index (χ0v) is 16.6. The van der Waals surface area contributed by atoms with Crippen molar-refractivity contribution in [3.05, 3.63) is 29.8 Å². The van der Waals surface area contributed by atoms with Crippen molar-refractivity contribution in [1.29, 1.82) is 0 Å². The zero-order chi connectivity index (χ0) is 18.0. The molecule has 0 aromatic heterocycles. The lowest BCUT2D eigenvalue weighted by atomic mass is 9.71. The van der Waals surface area contributed by atoms with Crippen LogP contribution in [0.5, 0.6) is 0 Å². The minimum Gasteiger partial charge on any atom is -0.379 e. The first-order valence-corrected chi connectivity index (χ1v) is 9.42. The van der Waals surface area contributed by atoms with E-state index < -0.39 is 0 Å². The molecule has 0 heterocycles. The van der Waals surface area contributed by atoms with Gasteiger partial charge in [0.25, 0.3) is 0 Å². The Morgan fingerprint density at radius 2 is 1.92 bits per heavy atom. The molecule has 2 rings (SSSR count). The maximum Gasteiger partial charge on any atom is 0.224 e. The number of rotatable bonds is 10. The second kappa shape index (κ2) is 12.3. The summed E-state index contributed by atoms with van der Waals surface area (Å²) in [6.07, 6.45) is 6.25. The van der Waals surface area contributed by atoms with E-state index in [2.05, 4.69) is 5.32 Å². The van der Waals surface area contributed by atoms with E-state index in [1.165, 1.54) is 19.3 Å². The molecule has 1 saturated carbocycles. The van der Waals surface area contributed by atoms with Crippen LogP contribution in [0.4, 0.5) is 5.69 Å². The summed E-state index contributed by atoms with van der Waals surface area (Å²) in [4.78, 5) is 12.5. The molecule has 1 fully saturated rings. The second-order valence-electron chi connectivity index (χ2n) is 6.94. The molecule has 26 heavy (non-hydrogen) atoms. The van der Waals surface area contributed by atoms with Crippen molar-refractivity contribution < 1.29 is 14.3 Å². The van der Waals surface area contributed by atoms with Crippen LogP contribution in [0, 0.1) is 5.41 Å². The quantitative estimate of drug-likeness (QED) is 0.600. The number of nitrogens with one attached hydrogen (secondary N) is 1. The van der Waals surface area contributed by atoms with Crippen molar-refractivity contribution in [3.8, 4) is 0 Å². The molecule has 6 heteroatoms. The van der Waals surface area contributed by atoms with Gasteiger partial charge in [0, 0.05) is 18.7 Å². The molecule has 1 aromatic rings. The van der Waals surface area contributed by atoms with Crippen LogP contribution < -0.4 is 11.1 Å². The topological polar surface area (TPSA) is 73.6 Å². The first kappa shape index (κ1) is 22.9. The minimum atomic E-state index is -0.0116. The third kappa shape index (κ3) is 7.62. The molecule has 1 aromatic carbocycles. The van der Waals surface area contributed by atoms with E-state index in [-0.39, 0.29) is 23.7 Å². The Morgan fingerprint density at radius 1 is 1.19 bits per heavy atom. The predicted octanol–water partition coefficient (Wildman–Crippen LogP) is 3.90. The van der Waals surface area contributed by atoms with Gasteiger partial charge in [0.05, 0.1) is 19.8 Å². The molecule has 0 saturated heterocycles. The molecule has 148 valence electrons. The molecule has 1 amide bonds. The fourth-order valence-electron chi connectivity index (χ4n) is 3.49. The standard InChI is InChI=1S/C20H32N2O3.ClH/c1-2-24-11-12-25-15-17-7-6-8-18(13-17)22-19(23)14-20(16-21)9-4-3-5-10-20;/h6-8,13H,2-5,9-12,14-16,21H2,1H3,(H,22,23);1H. The fraction of sp³-hybridized carbons (Fsp3) is 0.650. The van der Waals surface area contributed by atoms with Crippen LogP contribution in [-0.4, -0.2) is 32.3 Å². The highest BCUT2D eigenvalue weighted by atomic mass is 35.5. The number of ether oxygens (including phenoxy) is 2. The second-order valence-corrected chi connectivity index (χ2v) is 6.94. The van der Waals surface area contributed by atoms with E-state index in [4.69, 9.17) is 15.2 Å². The van der Waals surface area contributed by atoms with Crippen LogP contribution in [0.25, 0.3) is 0 Å². The average Bonchev–Trinajstić information content (AvgIpc) is 2.62. The van der Waals surface area contributed by atoms with E-state index in [0.717, 1.165) is 24.1 Å². The number of carbonyl (C=O) groups excluding carboxylic acids is 1. The van der Waals surface area contributed by atoms with Gasteiger partial charge in [0.1, 0.15) is 0 Å². The number of hydrogen-bond acceptors (Lipinski definition) is 4. The molecule has 1 aliphatic rings. The van der Waals surface area contributed by atoms with Gasteiger partial charge >= 0.3 is 0 Å². The lowest BCUT2D eigenvalue weighted by molar-refractivity contribution is -0.118. The summed E-state index contributed by atoms with van der Waals surface area (Å²) >= 11 is 0. The number of halogens is 1. The van der Waals surface area contributed by atoms with Crippen molar-refractivity contribution in [2.75, 3.05) is 31.7 Å². The molecule has 0 radical (unpaired) electrons. The first-order chi connectivity index (χ1) is 12.2. The lowest BCUT2D eigenvalue weighted by Crippen LogP contribution is -2.36. The van der Waals surface area contributed by atoms with E-state index >= 15 is 0 Å². The number of nitrogens with two attached hydrogens (primary N) is 1. The van der Waals surface area contributed by atoms with Gasteiger partial charge < -0.3 is 20.5 Å². The summed E-state index contributed by atoms with van der Waals surface area (Å²) < 4.78 is 10.8. The first-order valence-electron chi connectivity index (χ1n) is 9.42. The number of anilines is 1. The Hall–Kier alpha value is -1.14. The van der Waals surface area contributed by atoms with Gasteiger partial charge in [-0.15, -0.1) is 12.4 Å². The minimum absolute atomic E-state index is 0. The smallest absolute Gasteiger partial charge is 0.224 e. The van der Waals surface area contributed by atoms with Crippen molar-refractivity contribution in [2.45, 2.75) is 52.1 Å². The molecule has 1 aliphatic carbocycles. The Kier molecular flexibility index (Phi) is 10.8. The van der Waals surface area contributed by atoms with Crippen molar-refractivity contribution in [3.63, 3.8) is 0 Å². The van der Waals surface area contributed by atoms with E-state index in [0.29, 0.717) is 39.4 Å². The Morgan fingerprint density at radius 3 is 2.62 bits per heavy atom. The van der Waals surface area contributed by atoms with Gasteiger partial charge in [-0.2, -0.15) is 0 Å². The monoisotopic (exact) mass is 384 g/mol. The fourth-order valence-corrected chi connectivity index (χ4v) is 3.49. The summed E-state index contributed by atoms with van der Waals surface area (Å²) in [5.41, 5.74) is 7.84. The Balaban J connectivity index is 0.00000338. The molecule has 0 unspecified atom stereocenters. The third-order valence-corrected chi connectivity index (χ3v) is 4.94. The number of benzene rings is 1. The molecule has 5 nitrogen and oxygen atoms in total. The van der Waals surface area contributed by atoms with E-state index in [1.807, 2.05) is 31.2 Å². The summed E-state index contributed by atoms with van der Waals surface area (Å²) in [6, 6.07) is 7.82. The lowest BCUT2D eigenvalue weighted by Gasteiger charge is -2.35. The Labute approximate surface area is 163 Å². The van der Waals surface area contributed by atoms with Crippen LogP contribution in [0.3, 0.4) is 0 Å². The molecule has 0 bridgehead atoms. The normalized spacial score (nSPS) is 15.9. The summed E-state index contributed by atoms with van der Waals surface area (Å²) in [6.45, 7) is 4.96. The van der Waals surface area contributed by atoms with E-state index in [9.17, 15) is 4.79 Å². The molecule has 0 aliphatic heterocycles. The highest BCUT2D eigenvalue weighted by molar-refractivity contribution is 5.91. The van der Waals surface area contributed by atoms with Crippen LogP contribution in [0.2, 0.25) is 0 Å². The number of hydrogen-bond donors (Lipinski definition) is 2. The maximum absolute atomic E-state index is 12.5. The molecule has 0 atom stereocenters.